The van der Waals surface area contributed by atoms with Gasteiger partial charge in [0.25, 0.3) is 5.91 Å². The average molecular weight is 438 g/mol. The van der Waals surface area contributed by atoms with Crippen LogP contribution < -0.4 is 9.47 Å². The van der Waals surface area contributed by atoms with Crippen molar-refractivity contribution in [2.24, 2.45) is 0 Å². The predicted octanol–water partition coefficient (Wildman–Crippen LogP) is 3.74. The van der Waals surface area contributed by atoms with Crippen LogP contribution in [0.3, 0.4) is 0 Å². The lowest BCUT2D eigenvalue weighted by Gasteiger charge is -2.36. The zero-order valence-corrected chi connectivity index (χ0v) is 18.5. The van der Waals surface area contributed by atoms with E-state index >= 15 is 0 Å². The molecule has 2 aromatic rings. The summed E-state index contributed by atoms with van der Waals surface area (Å²) in [6.45, 7) is 5.60. The van der Waals surface area contributed by atoms with E-state index < -0.39 is 0 Å². The van der Waals surface area contributed by atoms with Gasteiger partial charge in [0, 0.05) is 48.7 Å². The number of aromatic nitrogens is 1. The molecule has 0 radical (unpaired) electrons. The Labute approximate surface area is 181 Å². The van der Waals surface area contributed by atoms with E-state index in [-0.39, 0.29) is 18.6 Å². The molecule has 1 saturated heterocycles. The van der Waals surface area contributed by atoms with Crippen LogP contribution in [0.5, 0.6) is 11.6 Å². The number of ether oxygens (including phenoxy) is 2. The van der Waals surface area contributed by atoms with Gasteiger partial charge in [-0.05, 0) is 55.1 Å². The van der Waals surface area contributed by atoms with Crippen LogP contribution in [0.25, 0.3) is 0 Å². The molecule has 1 amide bonds. The van der Waals surface area contributed by atoms with Gasteiger partial charge >= 0.3 is 0 Å². The Morgan fingerprint density at radius 3 is 2.66 bits per heavy atom. The molecule has 29 heavy (non-hydrogen) atoms. The molecule has 0 unspecified atom stereocenters. The summed E-state index contributed by atoms with van der Waals surface area (Å²) < 4.78 is 15.6. The maximum Gasteiger partial charge on any atom is 0.260 e. The Bertz CT molecular complexity index is 776. The van der Waals surface area contributed by atoms with Gasteiger partial charge in [-0.2, -0.15) is 4.37 Å². The van der Waals surface area contributed by atoms with Crippen LogP contribution in [-0.2, 0) is 11.2 Å². The number of halogens is 1. The monoisotopic (exact) mass is 437 g/mol. The summed E-state index contributed by atoms with van der Waals surface area (Å²) >= 11 is 7.37. The van der Waals surface area contributed by atoms with Crippen molar-refractivity contribution < 1.29 is 14.3 Å². The molecule has 0 aliphatic carbocycles. The van der Waals surface area contributed by atoms with E-state index in [1.807, 2.05) is 18.0 Å². The van der Waals surface area contributed by atoms with E-state index in [1.54, 1.807) is 24.3 Å². The summed E-state index contributed by atoms with van der Waals surface area (Å²) in [4.78, 5) is 17.9. The Hall–Kier alpha value is -1.83. The SMILES string of the molecule is CCc1cc(OCCN2CCC(N(C)C(=O)COc3ccc(Cl)cc3)CC2)ns1. The van der Waals surface area contributed by atoms with Crippen LogP contribution in [0.2, 0.25) is 5.02 Å². The van der Waals surface area contributed by atoms with E-state index in [0.29, 0.717) is 17.4 Å². The van der Waals surface area contributed by atoms with Crippen molar-refractivity contribution in [3.8, 4) is 11.6 Å². The largest absolute Gasteiger partial charge is 0.484 e. The molecule has 1 aliphatic rings. The fraction of sp³-hybridized carbons (Fsp3) is 0.524. The maximum atomic E-state index is 12.5. The molecule has 2 heterocycles. The average Bonchev–Trinajstić information content (AvgIpc) is 3.21. The Balaban J connectivity index is 1.34. The number of carbonyl (C=O) groups excluding carboxylic acids is 1. The van der Waals surface area contributed by atoms with Crippen LogP contribution in [0.4, 0.5) is 0 Å². The topological polar surface area (TPSA) is 54.9 Å². The molecule has 0 saturated carbocycles. The van der Waals surface area contributed by atoms with Crippen LogP contribution in [-0.4, -0.2) is 66.0 Å². The standard InChI is InChI=1S/C21H28ClN3O3S/c1-3-19-14-20(23-29-19)27-13-12-25-10-8-17(9-11-25)24(2)21(26)15-28-18-6-4-16(22)5-7-18/h4-7,14,17H,3,8-13,15H2,1-2H3. The van der Waals surface area contributed by atoms with Crippen molar-refractivity contribution in [3.05, 3.63) is 40.2 Å². The molecular formula is C21H28ClN3O3S. The van der Waals surface area contributed by atoms with E-state index in [9.17, 15) is 4.79 Å². The molecule has 6 nitrogen and oxygen atoms in total. The molecule has 1 aromatic heterocycles. The number of carbonyl (C=O) groups is 1. The molecule has 1 aromatic carbocycles. The summed E-state index contributed by atoms with van der Waals surface area (Å²) in [5.74, 6) is 1.38. The number of likely N-dealkylation sites (tertiary alicyclic amines) is 1. The Morgan fingerprint density at radius 2 is 2.00 bits per heavy atom. The van der Waals surface area contributed by atoms with E-state index in [4.69, 9.17) is 21.1 Å². The molecule has 1 fully saturated rings. The van der Waals surface area contributed by atoms with Crippen LogP contribution in [0.1, 0.15) is 24.6 Å². The molecule has 0 spiro atoms. The van der Waals surface area contributed by atoms with Gasteiger partial charge in [0.1, 0.15) is 12.4 Å². The second-order valence-corrected chi connectivity index (χ2v) is 8.48. The molecule has 0 N–H and O–H groups in total. The third-order valence-corrected chi connectivity index (χ3v) is 6.38. The number of aryl methyl sites for hydroxylation is 1. The minimum atomic E-state index is -0.00278. The third-order valence-electron chi connectivity index (χ3n) is 5.22. The van der Waals surface area contributed by atoms with Gasteiger partial charge in [0.2, 0.25) is 5.88 Å². The number of rotatable bonds is 9. The molecule has 0 bridgehead atoms. The van der Waals surface area contributed by atoms with Crippen molar-refractivity contribution in [1.82, 2.24) is 14.2 Å². The van der Waals surface area contributed by atoms with Crippen molar-refractivity contribution >= 4 is 29.0 Å². The van der Waals surface area contributed by atoms with Crippen molar-refractivity contribution in [2.75, 3.05) is 39.9 Å². The van der Waals surface area contributed by atoms with Gasteiger partial charge in [-0.1, -0.05) is 18.5 Å². The summed E-state index contributed by atoms with van der Waals surface area (Å²) in [5, 5.41) is 0.648. The lowest BCUT2D eigenvalue weighted by atomic mass is 10.0. The normalized spacial score (nSPS) is 15.3. The minimum Gasteiger partial charge on any atom is -0.484 e. The van der Waals surface area contributed by atoms with Crippen LogP contribution >= 0.6 is 23.1 Å². The van der Waals surface area contributed by atoms with E-state index in [1.165, 1.54) is 16.4 Å². The first-order valence-electron chi connectivity index (χ1n) is 10.00. The predicted molar refractivity (Wildman–Crippen MR) is 116 cm³/mol. The highest BCUT2D eigenvalue weighted by molar-refractivity contribution is 7.05. The highest BCUT2D eigenvalue weighted by Crippen LogP contribution is 2.19. The fourth-order valence-corrected chi connectivity index (χ4v) is 4.04. The van der Waals surface area contributed by atoms with Crippen LogP contribution in [0, 0.1) is 0 Å². The summed E-state index contributed by atoms with van der Waals surface area (Å²) in [6, 6.07) is 9.31. The number of nitrogens with zero attached hydrogens (tertiary/aromatic N) is 3. The first-order valence-corrected chi connectivity index (χ1v) is 11.1. The number of hydrogen-bond donors (Lipinski definition) is 0. The van der Waals surface area contributed by atoms with E-state index in [0.717, 1.165) is 44.8 Å². The Morgan fingerprint density at radius 1 is 1.28 bits per heavy atom. The number of piperidine rings is 1. The van der Waals surface area contributed by atoms with Crippen molar-refractivity contribution in [3.63, 3.8) is 0 Å². The third kappa shape index (κ3) is 6.59. The number of amides is 1. The second kappa shape index (κ2) is 10.8. The number of benzene rings is 1. The number of likely N-dealkylation sites (N-methyl/N-ethyl adjacent to an activating group) is 1. The van der Waals surface area contributed by atoms with Crippen molar-refractivity contribution in [1.29, 1.82) is 0 Å². The Kier molecular flexibility index (Phi) is 8.15. The molecule has 158 valence electrons. The minimum absolute atomic E-state index is 0.00278. The summed E-state index contributed by atoms with van der Waals surface area (Å²) in [7, 11) is 1.87. The van der Waals surface area contributed by atoms with Crippen LogP contribution in [0.15, 0.2) is 30.3 Å². The smallest absolute Gasteiger partial charge is 0.260 e. The van der Waals surface area contributed by atoms with Gasteiger partial charge < -0.3 is 14.4 Å². The first-order chi connectivity index (χ1) is 14.0. The quantitative estimate of drug-likeness (QED) is 0.598. The molecule has 1 aliphatic heterocycles. The first kappa shape index (κ1) is 21.9. The van der Waals surface area contributed by atoms with Gasteiger partial charge in [0.15, 0.2) is 6.61 Å². The summed E-state index contributed by atoms with van der Waals surface area (Å²) in [6.07, 6.45) is 2.91. The molecule has 3 rings (SSSR count). The zero-order chi connectivity index (χ0) is 20.6. The molecular weight excluding hydrogens is 410 g/mol. The highest BCUT2D eigenvalue weighted by Gasteiger charge is 2.25. The van der Waals surface area contributed by atoms with E-state index in [2.05, 4.69) is 16.2 Å². The maximum absolute atomic E-state index is 12.5. The zero-order valence-electron chi connectivity index (χ0n) is 17.0. The van der Waals surface area contributed by atoms with Gasteiger partial charge in [-0.25, -0.2) is 0 Å². The second-order valence-electron chi connectivity index (χ2n) is 7.15. The van der Waals surface area contributed by atoms with Gasteiger partial charge in [-0.3, -0.25) is 9.69 Å². The molecule has 8 heteroatoms. The van der Waals surface area contributed by atoms with Crippen molar-refractivity contribution in [2.45, 2.75) is 32.2 Å². The lowest BCUT2D eigenvalue weighted by molar-refractivity contribution is -0.135. The number of hydrogen-bond acceptors (Lipinski definition) is 6. The lowest BCUT2D eigenvalue weighted by Crippen LogP contribution is -2.47. The van der Waals surface area contributed by atoms with Gasteiger partial charge in [0.05, 0.1) is 0 Å². The summed E-state index contributed by atoms with van der Waals surface area (Å²) in [5.41, 5.74) is 0. The molecule has 0 atom stereocenters. The fourth-order valence-electron chi connectivity index (χ4n) is 3.32. The van der Waals surface area contributed by atoms with Gasteiger partial charge in [-0.15, -0.1) is 0 Å². The highest BCUT2D eigenvalue weighted by atomic mass is 35.5.